The molecule has 5 heteroatoms. The molecule has 1 rings (SSSR count). The summed E-state index contributed by atoms with van der Waals surface area (Å²) in [5.41, 5.74) is 5.07. The minimum atomic E-state index is -0.423. The van der Waals surface area contributed by atoms with Gasteiger partial charge in [0, 0.05) is 19.1 Å². The number of piperidine rings is 1. The first-order valence-corrected chi connectivity index (χ1v) is 7.82. The topological polar surface area (TPSA) is 67.6 Å². The minimum Gasteiger partial charge on any atom is -0.444 e. The van der Waals surface area contributed by atoms with Gasteiger partial charge in [0.2, 0.25) is 0 Å². The minimum absolute atomic E-state index is 0.255. The van der Waals surface area contributed by atoms with Crippen LogP contribution in [0, 0.1) is 0 Å². The summed E-state index contributed by atoms with van der Waals surface area (Å²) in [6.07, 6.45) is 5.29. The van der Waals surface area contributed by atoms with Crippen LogP contribution in [0.25, 0.3) is 0 Å². The van der Waals surface area contributed by atoms with E-state index in [0.29, 0.717) is 0 Å². The van der Waals surface area contributed by atoms with E-state index >= 15 is 0 Å². The van der Waals surface area contributed by atoms with E-state index in [9.17, 15) is 4.79 Å². The first-order chi connectivity index (χ1) is 9.40. The summed E-state index contributed by atoms with van der Waals surface area (Å²) in [7, 11) is 0. The molecular weight excluding hydrogens is 254 g/mol. The predicted octanol–water partition coefficient (Wildman–Crippen LogP) is 2.10. The van der Waals surface area contributed by atoms with Crippen LogP contribution in [-0.4, -0.2) is 48.8 Å². The molecular formula is C15H31N3O2. The normalized spacial score (nSPS) is 18.0. The van der Waals surface area contributed by atoms with Crippen molar-refractivity contribution in [3.8, 4) is 0 Å². The summed E-state index contributed by atoms with van der Waals surface area (Å²) >= 11 is 0. The van der Waals surface area contributed by atoms with Crippen LogP contribution in [0.3, 0.4) is 0 Å². The molecule has 1 heterocycles. The first-order valence-electron chi connectivity index (χ1n) is 7.82. The van der Waals surface area contributed by atoms with Crippen molar-refractivity contribution < 1.29 is 9.53 Å². The molecule has 1 fully saturated rings. The molecule has 118 valence electrons. The molecule has 0 unspecified atom stereocenters. The lowest BCUT2D eigenvalue weighted by atomic mass is 10.0. The SMILES string of the molecule is CC(C)(C)OC(=O)NC1CCN(CCCCCN)CC1. The van der Waals surface area contributed by atoms with E-state index in [1.165, 1.54) is 12.8 Å². The van der Waals surface area contributed by atoms with Crippen molar-refractivity contribution in [1.29, 1.82) is 0 Å². The molecule has 1 aliphatic rings. The lowest BCUT2D eigenvalue weighted by Crippen LogP contribution is -2.46. The monoisotopic (exact) mass is 285 g/mol. The number of alkyl carbamates (subject to hydrolysis) is 1. The Bertz CT molecular complexity index is 281. The number of nitrogens with zero attached hydrogens (tertiary/aromatic N) is 1. The number of likely N-dealkylation sites (tertiary alicyclic amines) is 1. The second kappa shape index (κ2) is 8.47. The third-order valence-electron chi connectivity index (χ3n) is 3.49. The van der Waals surface area contributed by atoms with E-state index in [2.05, 4.69) is 10.2 Å². The zero-order valence-electron chi connectivity index (χ0n) is 13.3. The van der Waals surface area contributed by atoms with E-state index in [4.69, 9.17) is 10.5 Å². The van der Waals surface area contributed by atoms with Crippen LogP contribution in [0.1, 0.15) is 52.9 Å². The third-order valence-corrected chi connectivity index (χ3v) is 3.49. The molecule has 0 saturated carbocycles. The Hall–Kier alpha value is -0.810. The van der Waals surface area contributed by atoms with Crippen molar-refractivity contribution >= 4 is 6.09 Å². The molecule has 1 amide bonds. The van der Waals surface area contributed by atoms with Gasteiger partial charge in [-0.1, -0.05) is 6.42 Å². The van der Waals surface area contributed by atoms with Crippen LogP contribution >= 0.6 is 0 Å². The number of carbonyl (C=O) groups excluding carboxylic acids is 1. The maximum Gasteiger partial charge on any atom is 0.407 e. The predicted molar refractivity (Wildman–Crippen MR) is 81.7 cm³/mol. The van der Waals surface area contributed by atoms with Crippen LogP contribution < -0.4 is 11.1 Å². The van der Waals surface area contributed by atoms with Crippen LogP contribution in [0.5, 0.6) is 0 Å². The number of hydrogen-bond acceptors (Lipinski definition) is 4. The molecule has 20 heavy (non-hydrogen) atoms. The molecule has 0 aromatic carbocycles. The van der Waals surface area contributed by atoms with Gasteiger partial charge in [-0.3, -0.25) is 0 Å². The third kappa shape index (κ3) is 7.70. The average molecular weight is 285 g/mol. The molecule has 5 nitrogen and oxygen atoms in total. The van der Waals surface area contributed by atoms with Gasteiger partial charge >= 0.3 is 6.09 Å². The summed E-state index contributed by atoms with van der Waals surface area (Å²) < 4.78 is 5.28. The van der Waals surface area contributed by atoms with E-state index in [-0.39, 0.29) is 12.1 Å². The summed E-state index contributed by atoms with van der Waals surface area (Å²) in [4.78, 5) is 14.2. The van der Waals surface area contributed by atoms with Gasteiger partial charge in [-0.25, -0.2) is 4.79 Å². The molecule has 0 bridgehead atoms. The number of amides is 1. The Kier molecular flexibility index (Phi) is 7.30. The molecule has 1 saturated heterocycles. The van der Waals surface area contributed by atoms with Gasteiger partial charge in [0.15, 0.2) is 0 Å². The van der Waals surface area contributed by atoms with Crippen molar-refractivity contribution in [3.05, 3.63) is 0 Å². The van der Waals surface area contributed by atoms with Crippen LogP contribution in [0.15, 0.2) is 0 Å². The van der Waals surface area contributed by atoms with Crippen molar-refractivity contribution in [2.75, 3.05) is 26.2 Å². The lowest BCUT2D eigenvalue weighted by Gasteiger charge is -2.32. The maximum atomic E-state index is 11.7. The van der Waals surface area contributed by atoms with Crippen LogP contribution in [0.2, 0.25) is 0 Å². The fraction of sp³-hybridized carbons (Fsp3) is 0.933. The maximum absolute atomic E-state index is 11.7. The number of nitrogens with one attached hydrogen (secondary N) is 1. The molecule has 1 aliphatic heterocycles. The van der Waals surface area contributed by atoms with Crippen molar-refractivity contribution in [3.63, 3.8) is 0 Å². The van der Waals surface area contributed by atoms with Gasteiger partial charge in [0.25, 0.3) is 0 Å². The number of nitrogens with two attached hydrogens (primary N) is 1. The van der Waals surface area contributed by atoms with Gasteiger partial charge < -0.3 is 20.7 Å². The second-order valence-electron chi connectivity index (χ2n) is 6.61. The highest BCUT2D eigenvalue weighted by Crippen LogP contribution is 2.13. The highest BCUT2D eigenvalue weighted by atomic mass is 16.6. The number of hydrogen-bond donors (Lipinski definition) is 2. The van der Waals surface area contributed by atoms with E-state index in [1.807, 2.05) is 20.8 Å². The smallest absolute Gasteiger partial charge is 0.407 e. The summed E-state index contributed by atoms with van der Waals surface area (Å²) in [5, 5.41) is 2.97. The molecule has 0 spiro atoms. The Balaban J connectivity index is 2.14. The van der Waals surface area contributed by atoms with Gasteiger partial charge in [-0.2, -0.15) is 0 Å². The Morgan fingerprint density at radius 2 is 1.90 bits per heavy atom. The zero-order valence-corrected chi connectivity index (χ0v) is 13.3. The molecule has 3 N–H and O–H groups in total. The number of unbranched alkanes of at least 4 members (excludes halogenated alkanes) is 2. The van der Waals surface area contributed by atoms with Crippen LogP contribution in [0.4, 0.5) is 4.79 Å². The highest BCUT2D eigenvalue weighted by Gasteiger charge is 2.23. The molecule has 0 atom stereocenters. The summed E-state index contributed by atoms with van der Waals surface area (Å²) in [6, 6.07) is 0.255. The molecule has 0 radical (unpaired) electrons. The highest BCUT2D eigenvalue weighted by molar-refractivity contribution is 5.68. The van der Waals surface area contributed by atoms with Gasteiger partial charge in [-0.15, -0.1) is 0 Å². The summed E-state index contributed by atoms with van der Waals surface area (Å²) in [5.74, 6) is 0. The number of ether oxygens (including phenoxy) is 1. The molecule has 0 aliphatic carbocycles. The number of carbonyl (C=O) groups is 1. The number of rotatable bonds is 6. The quantitative estimate of drug-likeness (QED) is 0.733. The zero-order chi connectivity index (χ0) is 15.0. The van der Waals surface area contributed by atoms with E-state index in [1.54, 1.807) is 0 Å². The molecule has 0 aromatic rings. The van der Waals surface area contributed by atoms with E-state index < -0.39 is 5.60 Å². The Labute approximate surface area is 123 Å². The van der Waals surface area contributed by atoms with E-state index in [0.717, 1.165) is 45.4 Å². The fourth-order valence-corrected chi connectivity index (χ4v) is 2.43. The van der Waals surface area contributed by atoms with Crippen molar-refractivity contribution in [1.82, 2.24) is 10.2 Å². The summed E-state index contributed by atoms with van der Waals surface area (Å²) in [6.45, 7) is 9.72. The Morgan fingerprint density at radius 3 is 2.45 bits per heavy atom. The fourth-order valence-electron chi connectivity index (χ4n) is 2.43. The molecule has 0 aromatic heterocycles. The Morgan fingerprint density at radius 1 is 1.25 bits per heavy atom. The first kappa shape index (κ1) is 17.2. The van der Waals surface area contributed by atoms with Gasteiger partial charge in [0.1, 0.15) is 5.60 Å². The van der Waals surface area contributed by atoms with Crippen molar-refractivity contribution in [2.45, 2.75) is 64.5 Å². The largest absolute Gasteiger partial charge is 0.444 e. The average Bonchev–Trinajstić information content (AvgIpc) is 2.34. The van der Waals surface area contributed by atoms with Crippen LogP contribution in [-0.2, 0) is 4.74 Å². The standard InChI is InChI=1S/C15H31N3O2/c1-15(2,3)20-14(19)17-13-7-11-18(12-8-13)10-6-4-5-9-16/h13H,4-12,16H2,1-3H3,(H,17,19). The van der Waals surface area contributed by atoms with Gasteiger partial charge in [0.05, 0.1) is 0 Å². The van der Waals surface area contributed by atoms with Gasteiger partial charge in [-0.05, 0) is 59.5 Å². The lowest BCUT2D eigenvalue weighted by molar-refractivity contribution is 0.0479. The van der Waals surface area contributed by atoms with Crippen molar-refractivity contribution in [2.24, 2.45) is 5.73 Å². The second-order valence-corrected chi connectivity index (χ2v) is 6.61.